The molecule has 2 aromatic carbocycles. The van der Waals surface area contributed by atoms with Crippen LogP contribution in [0.2, 0.25) is 0 Å². The Morgan fingerprint density at radius 1 is 1.03 bits per heavy atom. The van der Waals surface area contributed by atoms with E-state index in [0.29, 0.717) is 28.0 Å². The molecule has 0 saturated carbocycles. The van der Waals surface area contributed by atoms with E-state index in [1.54, 1.807) is 80.0 Å². The second-order valence-electron chi connectivity index (χ2n) is 8.82. The molecule has 1 aliphatic rings. The Morgan fingerprint density at radius 2 is 1.73 bits per heavy atom. The van der Waals surface area contributed by atoms with Crippen molar-refractivity contribution < 1.29 is 29.0 Å². The number of likely N-dealkylation sites (tertiary alicyclic amines) is 1. The molecule has 1 aromatic heterocycles. The summed E-state index contributed by atoms with van der Waals surface area (Å²) in [5.41, 5.74) is 2.09. The SMILES string of the molecule is CCOC(=O)c1ccc(CN2C(=O)C(=O)/C(=C(/O)c3cccc(OC(C)C)c3)C2c2ccncc2)cc1. The monoisotopic (exact) mass is 500 g/mol. The molecule has 1 saturated heterocycles. The van der Waals surface area contributed by atoms with E-state index in [4.69, 9.17) is 9.47 Å². The zero-order valence-electron chi connectivity index (χ0n) is 20.9. The molecule has 0 aliphatic carbocycles. The minimum atomic E-state index is -0.831. The van der Waals surface area contributed by atoms with Gasteiger partial charge in [-0.3, -0.25) is 14.6 Å². The molecule has 1 aliphatic heterocycles. The van der Waals surface area contributed by atoms with Gasteiger partial charge in [0.15, 0.2) is 0 Å². The van der Waals surface area contributed by atoms with E-state index in [1.807, 2.05) is 13.8 Å². The minimum absolute atomic E-state index is 0.0129. The van der Waals surface area contributed by atoms with Gasteiger partial charge in [0.1, 0.15) is 11.5 Å². The number of aliphatic hydroxyl groups excluding tert-OH is 1. The highest BCUT2D eigenvalue weighted by atomic mass is 16.5. The van der Waals surface area contributed by atoms with Gasteiger partial charge in [0, 0.05) is 24.5 Å². The first-order valence-corrected chi connectivity index (χ1v) is 12.0. The van der Waals surface area contributed by atoms with Crippen LogP contribution in [-0.4, -0.2) is 45.4 Å². The average molecular weight is 501 g/mol. The highest BCUT2D eigenvalue weighted by molar-refractivity contribution is 6.46. The lowest BCUT2D eigenvalue weighted by Gasteiger charge is -2.25. The van der Waals surface area contributed by atoms with Crippen LogP contribution in [0.15, 0.2) is 78.6 Å². The van der Waals surface area contributed by atoms with Gasteiger partial charge in [-0.2, -0.15) is 0 Å². The van der Waals surface area contributed by atoms with Gasteiger partial charge in [0.2, 0.25) is 0 Å². The quantitative estimate of drug-likeness (QED) is 0.207. The summed E-state index contributed by atoms with van der Waals surface area (Å²) in [5.74, 6) is -1.69. The fraction of sp³-hybridized carbons (Fsp3) is 0.241. The molecule has 1 amide bonds. The van der Waals surface area contributed by atoms with Crippen LogP contribution in [0, 0.1) is 0 Å². The van der Waals surface area contributed by atoms with Crippen LogP contribution in [-0.2, 0) is 20.9 Å². The maximum absolute atomic E-state index is 13.3. The van der Waals surface area contributed by atoms with Gasteiger partial charge in [-0.25, -0.2) is 4.79 Å². The van der Waals surface area contributed by atoms with E-state index >= 15 is 0 Å². The van der Waals surface area contributed by atoms with Gasteiger partial charge in [-0.15, -0.1) is 0 Å². The Morgan fingerprint density at radius 3 is 2.38 bits per heavy atom. The normalized spacial score (nSPS) is 16.8. The first kappa shape index (κ1) is 25.6. The van der Waals surface area contributed by atoms with Gasteiger partial charge in [-0.05, 0) is 68.3 Å². The molecule has 0 bridgehead atoms. The summed E-state index contributed by atoms with van der Waals surface area (Å²) in [6.45, 7) is 5.87. The Kier molecular flexibility index (Phi) is 7.67. The number of ether oxygens (including phenoxy) is 2. The number of hydrogen-bond donors (Lipinski definition) is 1. The molecule has 1 unspecified atom stereocenters. The molecule has 1 atom stereocenters. The summed E-state index contributed by atoms with van der Waals surface area (Å²) < 4.78 is 10.8. The van der Waals surface area contributed by atoms with Crippen molar-refractivity contribution in [1.82, 2.24) is 9.88 Å². The van der Waals surface area contributed by atoms with Crippen molar-refractivity contribution in [2.24, 2.45) is 0 Å². The number of pyridine rings is 1. The number of esters is 1. The molecule has 2 heterocycles. The van der Waals surface area contributed by atoms with Crippen molar-refractivity contribution in [2.45, 2.75) is 39.5 Å². The van der Waals surface area contributed by atoms with E-state index in [9.17, 15) is 19.5 Å². The van der Waals surface area contributed by atoms with E-state index < -0.39 is 23.7 Å². The number of hydrogen-bond acceptors (Lipinski definition) is 7. The van der Waals surface area contributed by atoms with Crippen molar-refractivity contribution in [3.63, 3.8) is 0 Å². The third-order valence-corrected chi connectivity index (χ3v) is 5.86. The van der Waals surface area contributed by atoms with Crippen molar-refractivity contribution in [3.8, 4) is 5.75 Å². The Hall–Kier alpha value is -4.46. The predicted molar refractivity (Wildman–Crippen MR) is 137 cm³/mol. The number of nitrogens with zero attached hydrogens (tertiary/aromatic N) is 2. The topological polar surface area (TPSA) is 106 Å². The fourth-order valence-corrected chi connectivity index (χ4v) is 4.24. The predicted octanol–water partition coefficient (Wildman–Crippen LogP) is 4.67. The van der Waals surface area contributed by atoms with Crippen molar-refractivity contribution in [2.75, 3.05) is 6.61 Å². The fourth-order valence-electron chi connectivity index (χ4n) is 4.24. The lowest BCUT2D eigenvalue weighted by molar-refractivity contribution is -0.140. The van der Waals surface area contributed by atoms with Crippen LogP contribution in [0.4, 0.5) is 0 Å². The van der Waals surface area contributed by atoms with Crippen molar-refractivity contribution in [3.05, 3.63) is 101 Å². The third-order valence-electron chi connectivity index (χ3n) is 5.86. The van der Waals surface area contributed by atoms with Gasteiger partial charge in [-0.1, -0.05) is 24.3 Å². The van der Waals surface area contributed by atoms with Gasteiger partial charge in [0.25, 0.3) is 11.7 Å². The number of ketones is 1. The molecule has 0 radical (unpaired) electrons. The summed E-state index contributed by atoms with van der Waals surface area (Å²) >= 11 is 0. The summed E-state index contributed by atoms with van der Waals surface area (Å²) in [7, 11) is 0. The first-order valence-electron chi connectivity index (χ1n) is 12.0. The van der Waals surface area contributed by atoms with Gasteiger partial charge in [0.05, 0.1) is 29.9 Å². The number of amides is 1. The van der Waals surface area contributed by atoms with Gasteiger partial charge >= 0.3 is 5.97 Å². The molecular weight excluding hydrogens is 472 g/mol. The van der Waals surface area contributed by atoms with Crippen LogP contribution in [0.25, 0.3) is 5.76 Å². The Balaban J connectivity index is 1.74. The van der Waals surface area contributed by atoms with Crippen molar-refractivity contribution >= 4 is 23.4 Å². The van der Waals surface area contributed by atoms with Crippen LogP contribution >= 0.6 is 0 Å². The first-order chi connectivity index (χ1) is 17.8. The lowest BCUT2D eigenvalue weighted by atomic mass is 9.95. The van der Waals surface area contributed by atoms with E-state index in [2.05, 4.69) is 4.98 Å². The second kappa shape index (κ2) is 11.1. The molecule has 3 aromatic rings. The summed E-state index contributed by atoms with van der Waals surface area (Å²) in [5, 5.41) is 11.3. The van der Waals surface area contributed by atoms with E-state index in [1.165, 1.54) is 4.90 Å². The maximum atomic E-state index is 13.3. The average Bonchev–Trinajstić information content (AvgIpc) is 3.14. The molecule has 1 N–H and O–H groups in total. The molecule has 190 valence electrons. The largest absolute Gasteiger partial charge is 0.507 e. The Bertz CT molecular complexity index is 1330. The minimum Gasteiger partial charge on any atom is -0.507 e. The van der Waals surface area contributed by atoms with Gasteiger partial charge < -0.3 is 19.5 Å². The Labute approximate surface area is 215 Å². The smallest absolute Gasteiger partial charge is 0.338 e. The van der Waals surface area contributed by atoms with Crippen LogP contribution in [0.1, 0.15) is 53.9 Å². The summed E-state index contributed by atoms with van der Waals surface area (Å²) in [6.07, 6.45) is 3.07. The molecule has 8 nitrogen and oxygen atoms in total. The van der Waals surface area contributed by atoms with Crippen LogP contribution in [0.3, 0.4) is 0 Å². The number of benzene rings is 2. The van der Waals surface area contributed by atoms with E-state index in [-0.39, 0.29) is 30.6 Å². The van der Waals surface area contributed by atoms with Crippen molar-refractivity contribution in [1.29, 1.82) is 0 Å². The molecule has 37 heavy (non-hydrogen) atoms. The summed E-state index contributed by atoms with van der Waals surface area (Å²) in [4.78, 5) is 43.9. The highest BCUT2D eigenvalue weighted by Crippen LogP contribution is 2.40. The number of carbonyl (C=O) groups excluding carboxylic acids is 3. The van der Waals surface area contributed by atoms with Crippen LogP contribution < -0.4 is 4.74 Å². The van der Waals surface area contributed by atoms with Crippen LogP contribution in [0.5, 0.6) is 5.75 Å². The summed E-state index contributed by atoms with van der Waals surface area (Å²) in [6, 6.07) is 16.0. The number of carbonyl (C=O) groups is 3. The molecule has 8 heteroatoms. The lowest BCUT2D eigenvalue weighted by Crippen LogP contribution is -2.29. The molecular formula is C29H28N2O6. The number of aliphatic hydroxyl groups is 1. The number of Topliss-reactive ketones (excluding diaryl/α,β-unsaturated/α-hetero) is 1. The zero-order valence-corrected chi connectivity index (χ0v) is 20.9. The second-order valence-corrected chi connectivity index (χ2v) is 8.82. The number of aromatic nitrogens is 1. The standard InChI is InChI=1S/C29H28N2O6/c1-4-36-29(35)21-10-8-19(9-11-21)17-31-25(20-12-14-30-15-13-20)24(27(33)28(31)34)26(32)22-6-5-7-23(16-22)37-18(2)3/h5-16,18,25,32H,4,17H2,1-3H3/b26-24+. The molecule has 0 spiro atoms. The zero-order chi connectivity index (χ0) is 26.5. The molecule has 4 rings (SSSR count). The third kappa shape index (κ3) is 5.53. The number of rotatable bonds is 8. The van der Waals surface area contributed by atoms with E-state index in [0.717, 1.165) is 0 Å². The maximum Gasteiger partial charge on any atom is 0.338 e. The molecule has 1 fully saturated rings. The highest BCUT2D eigenvalue weighted by Gasteiger charge is 2.46.